The average molecular weight is 191 g/mol. The third-order valence-corrected chi connectivity index (χ3v) is 2.14. The van der Waals surface area contributed by atoms with Gasteiger partial charge in [0.15, 0.2) is 5.65 Å². The van der Waals surface area contributed by atoms with Crippen molar-refractivity contribution in [2.45, 2.75) is 19.8 Å². The van der Waals surface area contributed by atoms with Gasteiger partial charge in [0.05, 0.1) is 7.11 Å². The van der Waals surface area contributed by atoms with Gasteiger partial charge >= 0.3 is 0 Å². The molecule has 0 aromatic carbocycles. The number of rotatable bonds is 3. The summed E-state index contributed by atoms with van der Waals surface area (Å²) in [4.78, 5) is 0. The van der Waals surface area contributed by atoms with Crippen LogP contribution in [0.25, 0.3) is 5.65 Å². The van der Waals surface area contributed by atoms with Crippen molar-refractivity contribution in [2.75, 3.05) is 7.11 Å². The van der Waals surface area contributed by atoms with Crippen LogP contribution >= 0.6 is 0 Å². The molecule has 0 aliphatic heterocycles. The summed E-state index contributed by atoms with van der Waals surface area (Å²) in [5.41, 5.74) is 0.841. The molecule has 0 aliphatic carbocycles. The van der Waals surface area contributed by atoms with E-state index in [1.807, 2.05) is 22.6 Å². The molecule has 2 aromatic heterocycles. The Kier molecular flexibility index (Phi) is 2.35. The van der Waals surface area contributed by atoms with Gasteiger partial charge in [0.2, 0.25) is 5.88 Å². The van der Waals surface area contributed by atoms with Gasteiger partial charge in [-0.2, -0.15) is 0 Å². The molecule has 0 amide bonds. The molecule has 0 saturated heterocycles. The fraction of sp³-hybridized carbons (Fsp3) is 0.400. The van der Waals surface area contributed by atoms with Gasteiger partial charge in [-0.3, -0.25) is 0 Å². The van der Waals surface area contributed by atoms with E-state index in [4.69, 9.17) is 4.74 Å². The molecule has 14 heavy (non-hydrogen) atoms. The zero-order valence-corrected chi connectivity index (χ0v) is 8.40. The summed E-state index contributed by atoms with van der Waals surface area (Å²) >= 11 is 0. The maximum Gasteiger partial charge on any atom is 0.200 e. The first-order chi connectivity index (χ1) is 6.86. The second-order valence-electron chi connectivity index (χ2n) is 3.13. The van der Waals surface area contributed by atoms with Gasteiger partial charge in [-0.1, -0.05) is 13.0 Å². The van der Waals surface area contributed by atoms with E-state index in [2.05, 4.69) is 17.1 Å². The molecule has 0 fully saturated rings. The number of pyridine rings is 1. The van der Waals surface area contributed by atoms with Crippen LogP contribution in [-0.4, -0.2) is 21.7 Å². The van der Waals surface area contributed by atoms with Gasteiger partial charge in [-0.05, 0) is 18.6 Å². The van der Waals surface area contributed by atoms with E-state index in [9.17, 15) is 0 Å². The van der Waals surface area contributed by atoms with Gasteiger partial charge in [0.25, 0.3) is 0 Å². The highest BCUT2D eigenvalue weighted by molar-refractivity contribution is 5.41. The Morgan fingerprint density at radius 1 is 1.36 bits per heavy atom. The molecule has 0 N–H and O–H groups in total. The number of ether oxygens (including phenoxy) is 1. The summed E-state index contributed by atoms with van der Waals surface area (Å²) in [6.45, 7) is 2.12. The molecule has 2 aromatic rings. The molecule has 2 rings (SSSR count). The van der Waals surface area contributed by atoms with E-state index in [0.717, 1.165) is 30.2 Å². The van der Waals surface area contributed by atoms with Crippen molar-refractivity contribution in [3.05, 3.63) is 24.0 Å². The lowest BCUT2D eigenvalue weighted by molar-refractivity contribution is 0.390. The van der Waals surface area contributed by atoms with E-state index in [-0.39, 0.29) is 0 Å². The normalized spacial score (nSPS) is 10.7. The molecule has 4 nitrogen and oxygen atoms in total. The second-order valence-corrected chi connectivity index (χ2v) is 3.13. The smallest absolute Gasteiger partial charge is 0.200 e. The fourth-order valence-corrected chi connectivity index (χ4v) is 1.51. The molecule has 4 heteroatoms. The monoisotopic (exact) mass is 191 g/mol. The first-order valence-electron chi connectivity index (χ1n) is 4.74. The summed E-state index contributed by atoms with van der Waals surface area (Å²) < 4.78 is 7.20. The molecule has 2 heterocycles. The number of aromatic nitrogens is 3. The Morgan fingerprint density at radius 2 is 2.21 bits per heavy atom. The van der Waals surface area contributed by atoms with Crippen molar-refractivity contribution < 1.29 is 4.74 Å². The molecule has 0 spiro atoms. The zero-order valence-electron chi connectivity index (χ0n) is 8.40. The molecule has 0 radical (unpaired) electrons. The summed E-state index contributed by atoms with van der Waals surface area (Å²) in [6.07, 6.45) is 1.97. The second kappa shape index (κ2) is 3.65. The third-order valence-electron chi connectivity index (χ3n) is 2.14. The van der Waals surface area contributed by atoms with Gasteiger partial charge in [-0.25, -0.2) is 4.40 Å². The number of hydrogen-bond donors (Lipinski definition) is 0. The third kappa shape index (κ3) is 1.32. The zero-order chi connectivity index (χ0) is 9.97. The molecular formula is C10H13N3O. The van der Waals surface area contributed by atoms with Crippen LogP contribution in [0.2, 0.25) is 0 Å². The summed E-state index contributed by atoms with van der Waals surface area (Å²) in [5, 5.41) is 8.21. The van der Waals surface area contributed by atoms with E-state index < -0.39 is 0 Å². The summed E-state index contributed by atoms with van der Waals surface area (Å²) in [5.74, 6) is 1.75. The highest BCUT2D eigenvalue weighted by Gasteiger charge is 2.07. The minimum absolute atomic E-state index is 0.788. The van der Waals surface area contributed by atoms with Crippen LogP contribution in [0.3, 0.4) is 0 Å². The standard InChI is InChI=1S/C10H13N3O/c1-3-5-8-11-12-9-6-4-7-10(14-2)13(8)9/h4,6-7H,3,5H2,1-2H3. The van der Waals surface area contributed by atoms with Crippen molar-refractivity contribution in [1.82, 2.24) is 14.6 Å². The minimum Gasteiger partial charge on any atom is -0.482 e. The van der Waals surface area contributed by atoms with Crippen LogP contribution in [-0.2, 0) is 6.42 Å². The van der Waals surface area contributed by atoms with Crippen LogP contribution in [0.4, 0.5) is 0 Å². The Balaban J connectivity index is 2.62. The molecule has 74 valence electrons. The van der Waals surface area contributed by atoms with Crippen molar-refractivity contribution >= 4 is 5.65 Å². The van der Waals surface area contributed by atoms with Gasteiger partial charge < -0.3 is 4.74 Å². The quantitative estimate of drug-likeness (QED) is 0.741. The molecule has 0 aliphatic rings. The minimum atomic E-state index is 0.788. The van der Waals surface area contributed by atoms with Crippen LogP contribution < -0.4 is 4.74 Å². The predicted molar refractivity (Wildman–Crippen MR) is 53.5 cm³/mol. The lowest BCUT2D eigenvalue weighted by Crippen LogP contribution is -1.98. The fourth-order valence-electron chi connectivity index (χ4n) is 1.51. The topological polar surface area (TPSA) is 39.4 Å². The van der Waals surface area contributed by atoms with Crippen LogP contribution in [0.5, 0.6) is 5.88 Å². The Hall–Kier alpha value is -1.58. The van der Waals surface area contributed by atoms with Gasteiger partial charge in [0, 0.05) is 6.42 Å². The Morgan fingerprint density at radius 3 is 2.93 bits per heavy atom. The largest absolute Gasteiger partial charge is 0.482 e. The van der Waals surface area contributed by atoms with E-state index in [0.29, 0.717) is 0 Å². The van der Waals surface area contributed by atoms with Crippen LogP contribution in [0, 0.1) is 0 Å². The van der Waals surface area contributed by atoms with Gasteiger partial charge in [0.1, 0.15) is 5.82 Å². The molecule has 0 unspecified atom stereocenters. The predicted octanol–water partition coefficient (Wildman–Crippen LogP) is 1.69. The van der Waals surface area contributed by atoms with E-state index in [1.54, 1.807) is 7.11 Å². The lowest BCUT2D eigenvalue weighted by atomic mass is 10.3. The lowest BCUT2D eigenvalue weighted by Gasteiger charge is -2.04. The molecule has 0 atom stereocenters. The summed E-state index contributed by atoms with van der Waals surface area (Å²) in [6, 6.07) is 5.75. The average Bonchev–Trinajstić information content (AvgIpc) is 2.62. The van der Waals surface area contributed by atoms with Crippen LogP contribution in [0.15, 0.2) is 18.2 Å². The van der Waals surface area contributed by atoms with Gasteiger partial charge in [-0.15, -0.1) is 10.2 Å². The SMILES string of the molecule is CCCc1nnc2cccc(OC)n12. The Labute approximate surface area is 82.5 Å². The maximum atomic E-state index is 5.26. The van der Waals surface area contributed by atoms with E-state index >= 15 is 0 Å². The van der Waals surface area contributed by atoms with E-state index in [1.165, 1.54) is 0 Å². The molecular weight excluding hydrogens is 178 g/mol. The first kappa shape index (κ1) is 8.99. The molecule has 0 saturated carbocycles. The van der Waals surface area contributed by atoms with Crippen molar-refractivity contribution in [2.24, 2.45) is 0 Å². The number of hydrogen-bond acceptors (Lipinski definition) is 3. The van der Waals surface area contributed by atoms with Crippen molar-refractivity contribution in [3.8, 4) is 5.88 Å². The Bertz CT molecular complexity index is 436. The van der Waals surface area contributed by atoms with Crippen molar-refractivity contribution in [1.29, 1.82) is 0 Å². The highest BCUT2D eigenvalue weighted by Crippen LogP contribution is 2.15. The molecule has 0 bridgehead atoms. The summed E-state index contributed by atoms with van der Waals surface area (Å²) in [7, 11) is 1.66. The van der Waals surface area contributed by atoms with Crippen molar-refractivity contribution in [3.63, 3.8) is 0 Å². The number of methoxy groups -OCH3 is 1. The number of fused-ring (bicyclic) bond motifs is 1. The first-order valence-corrected chi connectivity index (χ1v) is 4.74. The maximum absolute atomic E-state index is 5.26. The van der Waals surface area contributed by atoms with Crippen LogP contribution in [0.1, 0.15) is 19.2 Å². The highest BCUT2D eigenvalue weighted by atomic mass is 16.5. The number of nitrogens with zero attached hydrogens (tertiary/aromatic N) is 3. The number of aryl methyl sites for hydroxylation is 1.